The Morgan fingerprint density at radius 1 is 1.42 bits per heavy atom. The van der Waals surface area contributed by atoms with Gasteiger partial charge in [-0.3, -0.25) is 0 Å². The topological polar surface area (TPSA) is 132 Å². The van der Waals surface area contributed by atoms with Crippen LogP contribution in [0.3, 0.4) is 0 Å². The van der Waals surface area contributed by atoms with Crippen LogP contribution in [0.25, 0.3) is 11.0 Å². The maximum absolute atomic E-state index is 9.76. The van der Waals surface area contributed by atoms with Crippen molar-refractivity contribution >= 4 is 22.8 Å². The average molecular weight is 265 g/mol. The van der Waals surface area contributed by atoms with E-state index in [1.54, 1.807) is 16.8 Å². The summed E-state index contributed by atoms with van der Waals surface area (Å²) in [6, 6.07) is 1.77. The Hall–Kier alpha value is -1.90. The van der Waals surface area contributed by atoms with Gasteiger partial charge in [-0.2, -0.15) is 9.97 Å². The van der Waals surface area contributed by atoms with Crippen LogP contribution < -0.4 is 11.5 Å². The lowest BCUT2D eigenvalue weighted by Gasteiger charge is -2.14. The van der Waals surface area contributed by atoms with E-state index in [1.165, 1.54) is 0 Å². The summed E-state index contributed by atoms with van der Waals surface area (Å²) in [6.45, 7) is -0.226. The summed E-state index contributed by atoms with van der Waals surface area (Å²) in [6.07, 6.45) is 0.437. The number of nitrogens with two attached hydrogens (primary N) is 2. The highest BCUT2D eigenvalue weighted by Gasteiger charge is 2.35. The van der Waals surface area contributed by atoms with Crippen molar-refractivity contribution in [2.24, 2.45) is 0 Å². The van der Waals surface area contributed by atoms with Crippen molar-refractivity contribution in [1.29, 1.82) is 0 Å². The summed E-state index contributed by atoms with van der Waals surface area (Å²) in [5.41, 5.74) is 11.9. The first-order valence-electron chi connectivity index (χ1n) is 5.94. The number of aliphatic hydroxyl groups excluding tert-OH is 2. The van der Waals surface area contributed by atoms with Gasteiger partial charge in [0.25, 0.3) is 0 Å². The molecule has 0 aromatic carbocycles. The van der Waals surface area contributed by atoms with Crippen LogP contribution in [0.1, 0.15) is 12.6 Å². The van der Waals surface area contributed by atoms with Gasteiger partial charge in [-0.25, -0.2) is 0 Å². The molecular formula is C11H15N5O3. The molecule has 2 aromatic rings. The molecule has 3 atom stereocenters. The molecule has 3 heterocycles. The van der Waals surface area contributed by atoms with Gasteiger partial charge in [-0.15, -0.1) is 0 Å². The molecular weight excluding hydrogens is 250 g/mol. The molecule has 0 spiro atoms. The van der Waals surface area contributed by atoms with Crippen molar-refractivity contribution in [2.45, 2.75) is 24.9 Å². The molecule has 0 saturated carbocycles. The fourth-order valence-corrected chi connectivity index (χ4v) is 2.36. The maximum atomic E-state index is 9.76. The minimum absolute atomic E-state index is 0.0854. The Kier molecular flexibility index (Phi) is 2.77. The van der Waals surface area contributed by atoms with Crippen molar-refractivity contribution in [3.8, 4) is 0 Å². The fourth-order valence-electron chi connectivity index (χ4n) is 2.36. The van der Waals surface area contributed by atoms with Crippen molar-refractivity contribution in [3.05, 3.63) is 12.3 Å². The number of hydrogen-bond donors (Lipinski definition) is 4. The Morgan fingerprint density at radius 3 is 2.89 bits per heavy atom. The normalized spacial score (nSPS) is 27.2. The standard InChI is InChI=1S/C11H15N5O3/c12-9-5-1-2-16(10(5)15-11(13)14-9)8-3-6(18)7(4-17)19-8/h1-2,6-8,17-18H,3-4H2,(H4,12,13,14,15)/t6?,7-,8-/m1/s1. The molecule has 19 heavy (non-hydrogen) atoms. The van der Waals surface area contributed by atoms with Crippen LogP contribution in [0.5, 0.6) is 0 Å². The summed E-state index contributed by atoms with van der Waals surface area (Å²) in [4.78, 5) is 8.03. The van der Waals surface area contributed by atoms with Crippen LogP contribution in [0.4, 0.5) is 11.8 Å². The first-order valence-corrected chi connectivity index (χ1v) is 5.94. The lowest BCUT2D eigenvalue weighted by molar-refractivity contribution is -0.0430. The minimum atomic E-state index is -0.705. The molecule has 102 valence electrons. The van der Waals surface area contributed by atoms with E-state index in [0.29, 0.717) is 23.3 Å². The van der Waals surface area contributed by atoms with E-state index in [1.807, 2.05) is 0 Å². The van der Waals surface area contributed by atoms with Crippen LogP contribution in [-0.4, -0.2) is 43.6 Å². The summed E-state index contributed by atoms with van der Waals surface area (Å²) in [5.74, 6) is 0.390. The van der Waals surface area contributed by atoms with Crippen LogP contribution in [0.15, 0.2) is 12.3 Å². The van der Waals surface area contributed by atoms with E-state index < -0.39 is 18.4 Å². The van der Waals surface area contributed by atoms with E-state index in [2.05, 4.69) is 9.97 Å². The maximum Gasteiger partial charge on any atom is 0.223 e. The number of aliphatic hydroxyl groups is 2. The van der Waals surface area contributed by atoms with Gasteiger partial charge in [0.15, 0.2) is 0 Å². The minimum Gasteiger partial charge on any atom is -0.394 e. The highest BCUT2D eigenvalue weighted by molar-refractivity contribution is 5.87. The van der Waals surface area contributed by atoms with Gasteiger partial charge < -0.3 is 31.0 Å². The number of fused-ring (bicyclic) bond motifs is 1. The molecule has 2 aromatic heterocycles. The summed E-state index contributed by atoms with van der Waals surface area (Å²) in [7, 11) is 0. The van der Waals surface area contributed by atoms with Crippen molar-refractivity contribution in [2.75, 3.05) is 18.1 Å². The molecule has 3 rings (SSSR count). The van der Waals surface area contributed by atoms with Gasteiger partial charge in [0.05, 0.1) is 18.1 Å². The van der Waals surface area contributed by atoms with Gasteiger partial charge >= 0.3 is 0 Å². The predicted molar refractivity (Wildman–Crippen MR) is 68.0 cm³/mol. The SMILES string of the molecule is Nc1nc(N)c2ccn([C@H]3CC(O)[C@@H](CO)O3)c2n1. The van der Waals surface area contributed by atoms with Crippen LogP contribution >= 0.6 is 0 Å². The van der Waals surface area contributed by atoms with E-state index in [-0.39, 0.29) is 12.6 Å². The summed E-state index contributed by atoms with van der Waals surface area (Å²) >= 11 is 0. The van der Waals surface area contributed by atoms with Gasteiger partial charge in [0.1, 0.15) is 23.8 Å². The Balaban J connectivity index is 2.02. The summed E-state index contributed by atoms with van der Waals surface area (Å²) in [5, 5.41) is 19.5. The Morgan fingerprint density at radius 2 is 2.21 bits per heavy atom. The van der Waals surface area contributed by atoms with Crippen molar-refractivity contribution < 1.29 is 14.9 Å². The van der Waals surface area contributed by atoms with Crippen LogP contribution in [0, 0.1) is 0 Å². The van der Waals surface area contributed by atoms with Crippen molar-refractivity contribution in [3.63, 3.8) is 0 Å². The van der Waals surface area contributed by atoms with Gasteiger partial charge in [-0.05, 0) is 6.07 Å². The number of anilines is 2. The second-order valence-electron chi connectivity index (χ2n) is 4.54. The second-order valence-corrected chi connectivity index (χ2v) is 4.54. The number of ether oxygens (including phenoxy) is 1. The molecule has 0 amide bonds. The molecule has 1 aliphatic rings. The molecule has 1 unspecified atom stereocenters. The zero-order valence-corrected chi connectivity index (χ0v) is 10.1. The molecule has 0 aliphatic carbocycles. The number of nitrogens with zero attached hydrogens (tertiary/aromatic N) is 3. The average Bonchev–Trinajstić information content (AvgIpc) is 2.92. The van der Waals surface area contributed by atoms with Gasteiger partial charge in [-0.1, -0.05) is 0 Å². The number of rotatable bonds is 2. The smallest absolute Gasteiger partial charge is 0.223 e. The first-order chi connectivity index (χ1) is 9.10. The zero-order chi connectivity index (χ0) is 13.6. The van der Waals surface area contributed by atoms with E-state index in [0.717, 1.165) is 0 Å². The quantitative estimate of drug-likeness (QED) is 0.560. The highest BCUT2D eigenvalue weighted by atomic mass is 16.5. The Labute approximate surface area is 108 Å². The fraction of sp³-hybridized carbons (Fsp3) is 0.455. The molecule has 0 bridgehead atoms. The van der Waals surface area contributed by atoms with Crippen molar-refractivity contribution in [1.82, 2.24) is 14.5 Å². The molecule has 8 heteroatoms. The molecule has 1 saturated heterocycles. The van der Waals surface area contributed by atoms with Crippen LogP contribution in [0.2, 0.25) is 0 Å². The Bertz CT molecular complexity index is 614. The second kappa shape index (κ2) is 4.34. The third-order valence-electron chi connectivity index (χ3n) is 3.31. The lowest BCUT2D eigenvalue weighted by atomic mass is 10.2. The predicted octanol–water partition coefficient (Wildman–Crippen LogP) is -0.764. The van der Waals surface area contributed by atoms with E-state index in [9.17, 15) is 5.11 Å². The number of nitrogen functional groups attached to an aromatic ring is 2. The number of hydrogen-bond acceptors (Lipinski definition) is 7. The highest BCUT2D eigenvalue weighted by Crippen LogP contribution is 2.32. The largest absolute Gasteiger partial charge is 0.394 e. The molecule has 0 radical (unpaired) electrons. The lowest BCUT2D eigenvalue weighted by Crippen LogP contribution is -2.24. The van der Waals surface area contributed by atoms with E-state index >= 15 is 0 Å². The third-order valence-corrected chi connectivity index (χ3v) is 3.31. The third kappa shape index (κ3) is 1.89. The molecule has 6 N–H and O–H groups in total. The van der Waals surface area contributed by atoms with Gasteiger partial charge in [0.2, 0.25) is 5.95 Å². The summed E-state index contributed by atoms with van der Waals surface area (Å²) < 4.78 is 7.31. The van der Waals surface area contributed by atoms with Crippen LogP contribution in [-0.2, 0) is 4.74 Å². The molecule has 8 nitrogen and oxygen atoms in total. The number of aromatic nitrogens is 3. The monoisotopic (exact) mass is 265 g/mol. The van der Waals surface area contributed by atoms with Gasteiger partial charge in [0, 0.05) is 12.6 Å². The van der Waals surface area contributed by atoms with E-state index in [4.69, 9.17) is 21.3 Å². The molecule has 1 aliphatic heterocycles. The zero-order valence-electron chi connectivity index (χ0n) is 10.1. The molecule has 1 fully saturated rings. The first kappa shape index (κ1) is 12.2.